The molecule has 6 heteroatoms. The van der Waals surface area contributed by atoms with Gasteiger partial charge in [-0.3, -0.25) is 0 Å². The standard InChI is InChI=1S/C14H20N2O4/c1-10-2-5-14(6-3-10,12(17)18)16-13(19)15-8-11-4-7-20-9-11/h4,7,9-10H,2-3,5-6,8H2,1H3,(H,17,18)(H2,15,16,19). The number of carboxylic acids is 1. The molecular weight excluding hydrogens is 260 g/mol. The van der Waals surface area contributed by atoms with Crippen molar-refractivity contribution in [3.63, 3.8) is 0 Å². The van der Waals surface area contributed by atoms with Gasteiger partial charge in [-0.05, 0) is 37.7 Å². The topological polar surface area (TPSA) is 91.6 Å². The third kappa shape index (κ3) is 3.31. The lowest BCUT2D eigenvalue weighted by molar-refractivity contribution is -0.146. The number of carboxylic acid groups (broad SMARTS) is 1. The van der Waals surface area contributed by atoms with Crippen LogP contribution in [-0.2, 0) is 11.3 Å². The molecule has 1 aliphatic carbocycles. The van der Waals surface area contributed by atoms with Crippen molar-refractivity contribution >= 4 is 12.0 Å². The normalized spacial score (nSPS) is 25.9. The molecule has 0 aliphatic heterocycles. The lowest BCUT2D eigenvalue weighted by Gasteiger charge is -2.36. The Kier molecular flexibility index (Phi) is 4.32. The predicted molar refractivity (Wildman–Crippen MR) is 72.1 cm³/mol. The summed E-state index contributed by atoms with van der Waals surface area (Å²) in [5.41, 5.74) is -0.297. The summed E-state index contributed by atoms with van der Waals surface area (Å²) in [6.45, 7) is 2.42. The SMILES string of the molecule is CC1CCC(NC(=O)NCc2ccoc2)(C(=O)O)CC1. The molecule has 1 heterocycles. The quantitative estimate of drug-likeness (QED) is 0.787. The van der Waals surface area contributed by atoms with Crippen LogP contribution in [0.4, 0.5) is 4.79 Å². The number of carbonyl (C=O) groups excluding carboxylic acids is 1. The van der Waals surface area contributed by atoms with Gasteiger partial charge in [0.15, 0.2) is 0 Å². The molecule has 6 nitrogen and oxygen atoms in total. The molecule has 0 unspecified atom stereocenters. The second kappa shape index (κ2) is 5.98. The molecule has 1 aliphatic rings. The fourth-order valence-corrected chi connectivity index (χ4v) is 2.48. The zero-order valence-corrected chi connectivity index (χ0v) is 11.5. The van der Waals surface area contributed by atoms with Crippen molar-refractivity contribution in [2.75, 3.05) is 0 Å². The fraction of sp³-hybridized carbons (Fsp3) is 0.571. The second-order valence-electron chi connectivity index (χ2n) is 5.51. The predicted octanol–water partition coefficient (Wildman–Crippen LogP) is 2.11. The van der Waals surface area contributed by atoms with Gasteiger partial charge in [-0.15, -0.1) is 0 Å². The Bertz CT molecular complexity index is 462. The van der Waals surface area contributed by atoms with E-state index >= 15 is 0 Å². The maximum absolute atomic E-state index is 11.9. The van der Waals surface area contributed by atoms with E-state index in [0.717, 1.165) is 18.4 Å². The highest BCUT2D eigenvalue weighted by molar-refractivity contribution is 5.86. The third-order valence-corrected chi connectivity index (χ3v) is 3.92. The zero-order valence-electron chi connectivity index (χ0n) is 11.5. The van der Waals surface area contributed by atoms with Crippen LogP contribution in [0, 0.1) is 5.92 Å². The van der Waals surface area contributed by atoms with E-state index in [1.54, 1.807) is 6.07 Å². The van der Waals surface area contributed by atoms with Gasteiger partial charge in [-0.1, -0.05) is 6.92 Å². The van der Waals surface area contributed by atoms with Crippen LogP contribution in [0.25, 0.3) is 0 Å². The minimum Gasteiger partial charge on any atom is -0.480 e. The molecule has 110 valence electrons. The van der Waals surface area contributed by atoms with E-state index in [0.29, 0.717) is 25.3 Å². The summed E-state index contributed by atoms with van der Waals surface area (Å²) >= 11 is 0. The Morgan fingerprint density at radius 2 is 2.15 bits per heavy atom. The van der Waals surface area contributed by atoms with E-state index in [9.17, 15) is 14.7 Å². The highest BCUT2D eigenvalue weighted by Gasteiger charge is 2.42. The molecule has 1 saturated carbocycles. The summed E-state index contributed by atoms with van der Waals surface area (Å²) in [6.07, 6.45) is 5.64. The number of nitrogens with one attached hydrogen (secondary N) is 2. The van der Waals surface area contributed by atoms with E-state index in [1.165, 1.54) is 12.5 Å². The Hall–Kier alpha value is -1.98. The summed E-state index contributed by atoms with van der Waals surface area (Å²) < 4.78 is 4.90. The van der Waals surface area contributed by atoms with E-state index in [2.05, 4.69) is 17.6 Å². The first-order valence-electron chi connectivity index (χ1n) is 6.82. The number of hydrogen-bond donors (Lipinski definition) is 3. The second-order valence-corrected chi connectivity index (χ2v) is 5.51. The third-order valence-electron chi connectivity index (χ3n) is 3.92. The van der Waals surface area contributed by atoms with Gasteiger partial charge in [-0.25, -0.2) is 9.59 Å². The molecule has 3 N–H and O–H groups in total. The van der Waals surface area contributed by atoms with Crippen LogP contribution in [0.15, 0.2) is 23.0 Å². The highest BCUT2D eigenvalue weighted by atomic mass is 16.4. The number of aliphatic carboxylic acids is 1. The molecule has 0 bridgehead atoms. The number of urea groups is 1. The first-order valence-corrected chi connectivity index (χ1v) is 6.82. The van der Waals surface area contributed by atoms with Crippen LogP contribution in [0.5, 0.6) is 0 Å². The largest absolute Gasteiger partial charge is 0.480 e. The molecule has 1 aromatic rings. The monoisotopic (exact) mass is 280 g/mol. The molecule has 2 rings (SSSR count). The first-order chi connectivity index (χ1) is 9.52. The first kappa shape index (κ1) is 14.4. The van der Waals surface area contributed by atoms with Crippen LogP contribution in [0.3, 0.4) is 0 Å². The molecule has 1 fully saturated rings. The van der Waals surface area contributed by atoms with Crippen molar-refractivity contribution in [2.45, 2.75) is 44.7 Å². The summed E-state index contributed by atoms with van der Waals surface area (Å²) in [7, 11) is 0. The molecule has 2 amide bonds. The minimum absolute atomic E-state index is 0.314. The van der Waals surface area contributed by atoms with Gasteiger partial charge in [0.25, 0.3) is 0 Å². The van der Waals surface area contributed by atoms with Crippen LogP contribution >= 0.6 is 0 Å². The Morgan fingerprint density at radius 3 is 2.70 bits per heavy atom. The fourth-order valence-electron chi connectivity index (χ4n) is 2.48. The van der Waals surface area contributed by atoms with Gasteiger partial charge in [0.1, 0.15) is 5.54 Å². The molecule has 20 heavy (non-hydrogen) atoms. The lowest BCUT2D eigenvalue weighted by Crippen LogP contribution is -2.58. The average molecular weight is 280 g/mol. The molecule has 0 spiro atoms. The van der Waals surface area contributed by atoms with E-state index in [-0.39, 0.29) is 0 Å². The van der Waals surface area contributed by atoms with Crippen LogP contribution in [0.1, 0.15) is 38.2 Å². The number of furan rings is 1. The van der Waals surface area contributed by atoms with Crippen molar-refractivity contribution in [2.24, 2.45) is 5.92 Å². The van der Waals surface area contributed by atoms with E-state index in [1.807, 2.05) is 0 Å². The van der Waals surface area contributed by atoms with Gasteiger partial charge in [0.2, 0.25) is 0 Å². The van der Waals surface area contributed by atoms with Crippen molar-refractivity contribution in [1.29, 1.82) is 0 Å². The maximum atomic E-state index is 11.9. The van der Waals surface area contributed by atoms with Gasteiger partial charge < -0.3 is 20.2 Å². The summed E-state index contributed by atoms with van der Waals surface area (Å²) in [4.78, 5) is 23.4. The molecule has 0 atom stereocenters. The highest BCUT2D eigenvalue weighted by Crippen LogP contribution is 2.32. The van der Waals surface area contributed by atoms with Crippen molar-refractivity contribution in [1.82, 2.24) is 10.6 Å². The molecule has 0 radical (unpaired) electrons. The summed E-state index contributed by atoms with van der Waals surface area (Å²) in [5, 5.41) is 14.7. The summed E-state index contributed by atoms with van der Waals surface area (Å²) in [6, 6.07) is 1.29. The smallest absolute Gasteiger partial charge is 0.329 e. The van der Waals surface area contributed by atoms with E-state index < -0.39 is 17.5 Å². The number of amides is 2. The van der Waals surface area contributed by atoms with E-state index in [4.69, 9.17) is 4.42 Å². The van der Waals surface area contributed by atoms with Gasteiger partial charge in [0, 0.05) is 12.1 Å². The molecule has 0 saturated heterocycles. The molecular formula is C14H20N2O4. The van der Waals surface area contributed by atoms with Gasteiger partial charge >= 0.3 is 12.0 Å². The molecule has 0 aromatic carbocycles. The Labute approximate surface area is 117 Å². The van der Waals surface area contributed by atoms with Crippen LogP contribution in [0.2, 0.25) is 0 Å². The Balaban J connectivity index is 1.91. The lowest BCUT2D eigenvalue weighted by atomic mass is 9.77. The van der Waals surface area contributed by atoms with Crippen molar-refractivity contribution < 1.29 is 19.1 Å². The van der Waals surface area contributed by atoms with Crippen molar-refractivity contribution in [3.05, 3.63) is 24.2 Å². The number of hydrogen-bond acceptors (Lipinski definition) is 3. The average Bonchev–Trinajstić information content (AvgIpc) is 2.92. The summed E-state index contributed by atoms with van der Waals surface area (Å²) in [5.74, 6) is -0.443. The van der Waals surface area contributed by atoms with Gasteiger partial charge in [0.05, 0.1) is 12.5 Å². The zero-order chi connectivity index (χ0) is 14.6. The van der Waals surface area contributed by atoms with Crippen LogP contribution < -0.4 is 10.6 Å². The number of carbonyl (C=O) groups is 2. The molecule has 1 aromatic heterocycles. The number of rotatable bonds is 4. The van der Waals surface area contributed by atoms with Crippen molar-refractivity contribution in [3.8, 4) is 0 Å². The van der Waals surface area contributed by atoms with Crippen LogP contribution in [-0.4, -0.2) is 22.6 Å². The maximum Gasteiger partial charge on any atom is 0.329 e. The minimum atomic E-state index is -1.13. The Morgan fingerprint density at radius 1 is 1.45 bits per heavy atom. The van der Waals surface area contributed by atoms with Gasteiger partial charge in [-0.2, -0.15) is 0 Å².